The first-order chi connectivity index (χ1) is 13.9. The van der Waals surface area contributed by atoms with Crippen molar-refractivity contribution < 1.29 is 13.2 Å². The molecule has 0 bridgehead atoms. The third kappa shape index (κ3) is 5.81. The molecule has 2 aromatic rings. The Morgan fingerprint density at radius 3 is 2.69 bits per heavy atom. The first kappa shape index (κ1) is 21.8. The SMILES string of the molecule is Cc1cccc(CCCNC(=O)C2CCCN(S(=O)(=O)c3ccc(Cl)cc3)C2)c1. The van der Waals surface area contributed by atoms with Gasteiger partial charge in [0.05, 0.1) is 10.8 Å². The molecule has 156 valence electrons. The molecule has 0 aromatic heterocycles. The molecule has 0 radical (unpaired) electrons. The molecule has 1 unspecified atom stereocenters. The van der Waals surface area contributed by atoms with Crippen LogP contribution in [0.1, 0.15) is 30.4 Å². The zero-order valence-electron chi connectivity index (χ0n) is 16.6. The van der Waals surface area contributed by atoms with Crippen molar-refractivity contribution >= 4 is 27.5 Å². The van der Waals surface area contributed by atoms with Crippen LogP contribution in [0.4, 0.5) is 0 Å². The van der Waals surface area contributed by atoms with Gasteiger partial charge in [-0.05, 0) is 62.4 Å². The molecule has 1 aliphatic heterocycles. The van der Waals surface area contributed by atoms with E-state index in [0.29, 0.717) is 31.0 Å². The maximum absolute atomic E-state index is 12.9. The Labute approximate surface area is 178 Å². The molecule has 1 heterocycles. The van der Waals surface area contributed by atoms with Crippen LogP contribution in [-0.4, -0.2) is 38.3 Å². The second-order valence-corrected chi connectivity index (χ2v) is 9.91. The number of sulfonamides is 1. The largest absolute Gasteiger partial charge is 0.356 e. The van der Waals surface area contributed by atoms with E-state index in [9.17, 15) is 13.2 Å². The van der Waals surface area contributed by atoms with Gasteiger partial charge in [0.1, 0.15) is 0 Å². The Hall–Kier alpha value is -1.89. The van der Waals surface area contributed by atoms with Gasteiger partial charge in [-0.3, -0.25) is 4.79 Å². The standard InChI is InChI=1S/C22H27ClN2O3S/c1-17-5-2-6-18(15-17)7-3-13-24-22(26)19-8-4-14-25(16-19)29(27,28)21-11-9-20(23)10-12-21/h2,5-6,9-12,15,19H,3-4,7-8,13-14,16H2,1H3,(H,24,26). The molecule has 1 saturated heterocycles. The van der Waals surface area contributed by atoms with Gasteiger partial charge in [-0.25, -0.2) is 8.42 Å². The molecule has 1 atom stereocenters. The number of aryl methyl sites for hydroxylation is 2. The molecule has 7 heteroatoms. The summed E-state index contributed by atoms with van der Waals surface area (Å²) in [7, 11) is -3.62. The van der Waals surface area contributed by atoms with Crippen molar-refractivity contribution in [3.8, 4) is 0 Å². The van der Waals surface area contributed by atoms with E-state index >= 15 is 0 Å². The molecule has 0 saturated carbocycles. The number of benzene rings is 2. The summed E-state index contributed by atoms with van der Waals surface area (Å²) >= 11 is 5.86. The van der Waals surface area contributed by atoms with Gasteiger partial charge in [-0.15, -0.1) is 0 Å². The van der Waals surface area contributed by atoms with Crippen molar-refractivity contribution in [2.45, 2.75) is 37.5 Å². The lowest BCUT2D eigenvalue weighted by molar-refractivity contribution is -0.126. The van der Waals surface area contributed by atoms with Crippen LogP contribution in [0.2, 0.25) is 5.02 Å². The monoisotopic (exact) mass is 434 g/mol. The van der Waals surface area contributed by atoms with Crippen molar-refractivity contribution in [3.63, 3.8) is 0 Å². The van der Waals surface area contributed by atoms with Crippen LogP contribution < -0.4 is 5.32 Å². The van der Waals surface area contributed by atoms with Gasteiger partial charge in [0, 0.05) is 24.7 Å². The zero-order chi connectivity index (χ0) is 20.9. The predicted molar refractivity (Wildman–Crippen MR) is 115 cm³/mol. The fraction of sp³-hybridized carbons (Fsp3) is 0.409. The van der Waals surface area contributed by atoms with Gasteiger partial charge in [0.2, 0.25) is 15.9 Å². The number of amides is 1. The van der Waals surface area contributed by atoms with E-state index in [1.54, 1.807) is 12.1 Å². The van der Waals surface area contributed by atoms with E-state index in [0.717, 1.165) is 12.8 Å². The summed E-state index contributed by atoms with van der Waals surface area (Å²) in [6.45, 7) is 3.31. The molecule has 29 heavy (non-hydrogen) atoms. The van der Waals surface area contributed by atoms with E-state index < -0.39 is 10.0 Å². The maximum Gasteiger partial charge on any atom is 0.243 e. The van der Waals surface area contributed by atoms with Crippen LogP contribution in [0.5, 0.6) is 0 Å². The third-order valence-corrected chi connectivity index (χ3v) is 7.36. The highest BCUT2D eigenvalue weighted by Gasteiger charge is 2.33. The average molecular weight is 435 g/mol. The Bertz CT molecular complexity index is 945. The topological polar surface area (TPSA) is 66.5 Å². The quantitative estimate of drug-likeness (QED) is 0.674. The van der Waals surface area contributed by atoms with Crippen molar-refractivity contribution in [3.05, 3.63) is 64.7 Å². The van der Waals surface area contributed by atoms with Crippen LogP contribution in [0.15, 0.2) is 53.4 Å². The van der Waals surface area contributed by atoms with Gasteiger partial charge in [-0.2, -0.15) is 4.31 Å². The van der Waals surface area contributed by atoms with Gasteiger partial charge < -0.3 is 5.32 Å². The number of halogens is 1. The number of piperidine rings is 1. The number of carbonyl (C=O) groups is 1. The molecule has 2 aromatic carbocycles. The molecule has 1 amide bonds. The van der Waals surface area contributed by atoms with E-state index in [2.05, 4.69) is 30.4 Å². The lowest BCUT2D eigenvalue weighted by atomic mass is 9.98. The van der Waals surface area contributed by atoms with Crippen LogP contribution in [-0.2, 0) is 21.2 Å². The molecule has 1 aliphatic rings. The summed E-state index contributed by atoms with van der Waals surface area (Å²) in [5.41, 5.74) is 2.49. The minimum Gasteiger partial charge on any atom is -0.356 e. The zero-order valence-corrected chi connectivity index (χ0v) is 18.2. The number of carbonyl (C=O) groups excluding carboxylic acids is 1. The van der Waals surface area contributed by atoms with E-state index in [1.165, 1.54) is 27.6 Å². The number of hydrogen-bond acceptors (Lipinski definition) is 3. The molecular formula is C22H27ClN2O3S. The number of rotatable bonds is 7. The molecule has 0 aliphatic carbocycles. The fourth-order valence-corrected chi connectivity index (χ4v) is 5.30. The highest BCUT2D eigenvalue weighted by atomic mass is 35.5. The summed E-state index contributed by atoms with van der Waals surface area (Å²) in [5, 5.41) is 3.47. The number of hydrogen-bond donors (Lipinski definition) is 1. The molecule has 1 N–H and O–H groups in total. The average Bonchev–Trinajstić information content (AvgIpc) is 2.71. The second kappa shape index (κ2) is 9.74. The van der Waals surface area contributed by atoms with Crippen LogP contribution in [0.25, 0.3) is 0 Å². The minimum atomic E-state index is -3.62. The van der Waals surface area contributed by atoms with Crippen molar-refractivity contribution in [1.29, 1.82) is 0 Å². The predicted octanol–water partition coefficient (Wildman–Crippen LogP) is 3.80. The van der Waals surface area contributed by atoms with Gasteiger partial charge >= 0.3 is 0 Å². The lowest BCUT2D eigenvalue weighted by Gasteiger charge is -2.31. The number of nitrogens with one attached hydrogen (secondary N) is 1. The molecular weight excluding hydrogens is 408 g/mol. The Kier molecular flexibility index (Phi) is 7.33. The molecule has 1 fully saturated rings. The summed E-state index contributed by atoms with van der Waals surface area (Å²) < 4.78 is 27.1. The van der Waals surface area contributed by atoms with Crippen molar-refractivity contribution in [2.24, 2.45) is 5.92 Å². The molecule has 3 rings (SSSR count). The Balaban J connectivity index is 1.51. The van der Waals surface area contributed by atoms with E-state index in [1.807, 2.05) is 6.07 Å². The lowest BCUT2D eigenvalue weighted by Crippen LogP contribution is -2.45. The molecule has 5 nitrogen and oxygen atoms in total. The normalized spacial score (nSPS) is 17.8. The Morgan fingerprint density at radius 1 is 1.21 bits per heavy atom. The smallest absolute Gasteiger partial charge is 0.243 e. The third-order valence-electron chi connectivity index (χ3n) is 5.23. The fourth-order valence-electron chi connectivity index (χ4n) is 3.65. The van der Waals surface area contributed by atoms with Crippen molar-refractivity contribution in [1.82, 2.24) is 9.62 Å². The van der Waals surface area contributed by atoms with E-state index in [4.69, 9.17) is 11.6 Å². The highest BCUT2D eigenvalue weighted by Crippen LogP contribution is 2.24. The summed E-state index contributed by atoms with van der Waals surface area (Å²) in [6, 6.07) is 14.5. The van der Waals surface area contributed by atoms with Gasteiger partial charge in [-0.1, -0.05) is 41.4 Å². The first-order valence-electron chi connectivity index (χ1n) is 9.95. The van der Waals surface area contributed by atoms with Gasteiger partial charge in [0.15, 0.2) is 0 Å². The highest BCUT2D eigenvalue weighted by molar-refractivity contribution is 7.89. The molecule has 0 spiro atoms. The summed E-state index contributed by atoms with van der Waals surface area (Å²) in [6.07, 6.45) is 3.14. The maximum atomic E-state index is 12.9. The van der Waals surface area contributed by atoms with Crippen LogP contribution in [0, 0.1) is 12.8 Å². The van der Waals surface area contributed by atoms with Crippen LogP contribution >= 0.6 is 11.6 Å². The van der Waals surface area contributed by atoms with Gasteiger partial charge in [0.25, 0.3) is 0 Å². The second-order valence-electron chi connectivity index (χ2n) is 7.54. The first-order valence-corrected chi connectivity index (χ1v) is 11.8. The van der Waals surface area contributed by atoms with Crippen LogP contribution in [0.3, 0.4) is 0 Å². The number of nitrogens with zero attached hydrogens (tertiary/aromatic N) is 1. The minimum absolute atomic E-state index is 0.0646. The van der Waals surface area contributed by atoms with Crippen molar-refractivity contribution in [2.75, 3.05) is 19.6 Å². The Morgan fingerprint density at radius 2 is 1.97 bits per heavy atom. The summed E-state index contributed by atoms with van der Waals surface area (Å²) in [4.78, 5) is 12.8. The summed E-state index contributed by atoms with van der Waals surface area (Å²) in [5.74, 6) is -0.380. The van der Waals surface area contributed by atoms with E-state index in [-0.39, 0.29) is 23.3 Å².